The van der Waals surface area contributed by atoms with Gasteiger partial charge >= 0.3 is 0 Å². The Hall–Kier alpha value is -2.16. The predicted molar refractivity (Wildman–Crippen MR) is 58.4 cm³/mol. The normalized spacial score (nSPS) is 10.7. The van der Waals surface area contributed by atoms with Crippen LogP contribution in [-0.4, -0.2) is 14.6 Å². The summed E-state index contributed by atoms with van der Waals surface area (Å²) in [5.74, 6) is 0. The van der Waals surface area contributed by atoms with Gasteiger partial charge in [-0.15, -0.1) is 0 Å². The molecule has 0 saturated heterocycles. The largest absolute Gasteiger partial charge is 0.255 e. The van der Waals surface area contributed by atoms with Crippen LogP contribution in [0.4, 0.5) is 0 Å². The van der Waals surface area contributed by atoms with E-state index >= 15 is 0 Å². The van der Waals surface area contributed by atoms with Gasteiger partial charge in [-0.1, -0.05) is 6.07 Å². The number of hydrogen-bond donors (Lipinski definition) is 0. The Labute approximate surface area is 87.0 Å². The quantitative estimate of drug-likeness (QED) is 0.596. The van der Waals surface area contributed by atoms with Crippen molar-refractivity contribution in [3.05, 3.63) is 54.9 Å². The Bertz CT molecular complexity index is 584. The van der Waals surface area contributed by atoms with Gasteiger partial charge in [-0.2, -0.15) is 5.10 Å². The van der Waals surface area contributed by atoms with E-state index in [1.807, 2.05) is 53.2 Å². The van der Waals surface area contributed by atoms with Crippen molar-refractivity contribution in [1.82, 2.24) is 14.6 Å². The third-order valence-corrected chi connectivity index (χ3v) is 2.31. The molecule has 0 N–H and O–H groups in total. The monoisotopic (exact) mass is 195 g/mol. The summed E-state index contributed by atoms with van der Waals surface area (Å²) in [6, 6.07) is 13.8. The fourth-order valence-electron chi connectivity index (χ4n) is 1.57. The SMILES string of the molecule is c1ccc(-c2ccc3cccn3n2)nc1. The average molecular weight is 195 g/mol. The number of aromatic nitrogens is 3. The van der Waals surface area contributed by atoms with E-state index in [4.69, 9.17) is 0 Å². The van der Waals surface area contributed by atoms with Gasteiger partial charge in [0.05, 0.1) is 11.2 Å². The van der Waals surface area contributed by atoms with Crippen molar-refractivity contribution in [2.24, 2.45) is 0 Å². The lowest BCUT2D eigenvalue weighted by molar-refractivity contribution is 0.943. The van der Waals surface area contributed by atoms with Crippen LogP contribution in [0.15, 0.2) is 54.9 Å². The first-order valence-corrected chi connectivity index (χ1v) is 4.79. The molecular formula is C12H9N3. The van der Waals surface area contributed by atoms with Crippen LogP contribution in [0.1, 0.15) is 0 Å². The van der Waals surface area contributed by atoms with Gasteiger partial charge in [-0.25, -0.2) is 4.52 Å². The van der Waals surface area contributed by atoms with Crippen LogP contribution in [0.25, 0.3) is 16.9 Å². The van der Waals surface area contributed by atoms with E-state index in [1.54, 1.807) is 6.20 Å². The van der Waals surface area contributed by atoms with Gasteiger partial charge in [0.25, 0.3) is 0 Å². The van der Waals surface area contributed by atoms with E-state index in [0.717, 1.165) is 16.9 Å². The zero-order chi connectivity index (χ0) is 10.1. The molecule has 0 aliphatic rings. The van der Waals surface area contributed by atoms with Gasteiger partial charge in [0.2, 0.25) is 0 Å². The summed E-state index contributed by atoms with van der Waals surface area (Å²) in [7, 11) is 0. The van der Waals surface area contributed by atoms with Gasteiger partial charge in [-0.05, 0) is 36.4 Å². The summed E-state index contributed by atoms with van der Waals surface area (Å²) in [5, 5.41) is 4.46. The first-order chi connectivity index (χ1) is 7.43. The Morgan fingerprint density at radius 1 is 0.867 bits per heavy atom. The minimum Gasteiger partial charge on any atom is -0.255 e. The topological polar surface area (TPSA) is 30.2 Å². The minimum absolute atomic E-state index is 0.888. The molecule has 0 atom stereocenters. The van der Waals surface area contributed by atoms with Crippen molar-refractivity contribution in [1.29, 1.82) is 0 Å². The average Bonchev–Trinajstić information content (AvgIpc) is 2.77. The highest BCUT2D eigenvalue weighted by molar-refractivity contribution is 5.57. The smallest absolute Gasteiger partial charge is 0.110 e. The zero-order valence-corrected chi connectivity index (χ0v) is 8.04. The molecule has 0 spiro atoms. The van der Waals surface area contributed by atoms with E-state index in [9.17, 15) is 0 Å². The van der Waals surface area contributed by atoms with Crippen LogP contribution < -0.4 is 0 Å². The molecule has 15 heavy (non-hydrogen) atoms. The first-order valence-electron chi connectivity index (χ1n) is 4.79. The Balaban J connectivity index is 2.19. The molecule has 0 aliphatic carbocycles. The zero-order valence-electron chi connectivity index (χ0n) is 8.04. The molecule has 0 amide bonds. The molecule has 0 aromatic carbocycles. The highest BCUT2D eigenvalue weighted by Crippen LogP contribution is 2.14. The van der Waals surface area contributed by atoms with E-state index in [2.05, 4.69) is 10.1 Å². The molecule has 3 nitrogen and oxygen atoms in total. The Morgan fingerprint density at radius 3 is 2.73 bits per heavy atom. The lowest BCUT2D eigenvalue weighted by Crippen LogP contribution is -1.93. The van der Waals surface area contributed by atoms with Gasteiger partial charge in [0.1, 0.15) is 5.69 Å². The summed E-state index contributed by atoms with van der Waals surface area (Å²) in [6.45, 7) is 0. The van der Waals surface area contributed by atoms with Crippen molar-refractivity contribution < 1.29 is 0 Å². The maximum absolute atomic E-state index is 4.46. The maximum atomic E-state index is 4.46. The summed E-state index contributed by atoms with van der Waals surface area (Å²) in [4.78, 5) is 4.26. The van der Waals surface area contributed by atoms with E-state index in [-0.39, 0.29) is 0 Å². The highest BCUT2D eigenvalue weighted by atomic mass is 15.2. The third-order valence-electron chi connectivity index (χ3n) is 2.31. The molecule has 0 unspecified atom stereocenters. The lowest BCUT2D eigenvalue weighted by atomic mass is 10.2. The van der Waals surface area contributed by atoms with Gasteiger partial charge < -0.3 is 0 Å². The number of pyridine rings is 1. The van der Waals surface area contributed by atoms with Crippen molar-refractivity contribution in [3.63, 3.8) is 0 Å². The van der Waals surface area contributed by atoms with E-state index in [1.165, 1.54) is 0 Å². The standard InChI is InChI=1S/C12H9N3/c1-2-8-13-11(5-1)12-7-6-10-4-3-9-15(10)14-12/h1-9H. The molecule has 0 radical (unpaired) electrons. The molecule has 0 aliphatic heterocycles. The summed E-state index contributed by atoms with van der Waals surface area (Å²) >= 11 is 0. The van der Waals surface area contributed by atoms with Crippen LogP contribution in [0.5, 0.6) is 0 Å². The fourth-order valence-corrected chi connectivity index (χ4v) is 1.57. The molecule has 3 aromatic rings. The number of hydrogen-bond acceptors (Lipinski definition) is 2. The second kappa shape index (κ2) is 3.20. The Kier molecular flexibility index (Phi) is 1.75. The fraction of sp³-hybridized carbons (Fsp3) is 0. The third kappa shape index (κ3) is 1.38. The second-order valence-electron chi connectivity index (χ2n) is 3.31. The van der Waals surface area contributed by atoms with Crippen molar-refractivity contribution in [2.45, 2.75) is 0 Å². The van der Waals surface area contributed by atoms with E-state index in [0.29, 0.717) is 0 Å². The lowest BCUT2D eigenvalue weighted by Gasteiger charge is -2.00. The number of nitrogens with zero attached hydrogens (tertiary/aromatic N) is 3. The molecule has 3 heteroatoms. The van der Waals surface area contributed by atoms with Crippen LogP contribution in [-0.2, 0) is 0 Å². The van der Waals surface area contributed by atoms with Crippen LogP contribution in [0.2, 0.25) is 0 Å². The van der Waals surface area contributed by atoms with Gasteiger partial charge in [-0.3, -0.25) is 4.98 Å². The molecular weight excluding hydrogens is 186 g/mol. The summed E-state index contributed by atoms with van der Waals surface area (Å²) in [6.07, 6.45) is 3.71. The predicted octanol–water partition coefficient (Wildman–Crippen LogP) is 2.40. The molecule has 3 rings (SSSR count). The van der Waals surface area contributed by atoms with Crippen LogP contribution in [0.3, 0.4) is 0 Å². The van der Waals surface area contributed by atoms with Crippen molar-refractivity contribution >= 4 is 5.52 Å². The summed E-state index contributed by atoms with van der Waals surface area (Å²) in [5.41, 5.74) is 2.88. The van der Waals surface area contributed by atoms with Crippen LogP contribution in [0, 0.1) is 0 Å². The highest BCUT2D eigenvalue weighted by Gasteiger charge is 2.00. The molecule has 3 aromatic heterocycles. The molecule has 3 heterocycles. The molecule has 0 fully saturated rings. The number of fused-ring (bicyclic) bond motifs is 1. The Morgan fingerprint density at radius 2 is 1.87 bits per heavy atom. The number of rotatable bonds is 1. The van der Waals surface area contributed by atoms with Gasteiger partial charge in [0, 0.05) is 12.4 Å². The molecule has 72 valence electrons. The molecule has 0 saturated carbocycles. The van der Waals surface area contributed by atoms with Crippen molar-refractivity contribution in [2.75, 3.05) is 0 Å². The van der Waals surface area contributed by atoms with E-state index < -0.39 is 0 Å². The first kappa shape index (κ1) is 8.17. The summed E-state index contributed by atoms with van der Waals surface area (Å²) < 4.78 is 1.85. The van der Waals surface area contributed by atoms with Crippen LogP contribution >= 0.6 is 0 Å². The maximum Gasteiger partial charge on any atom is 0.110 e. The van der Waals surface area contributed by atoms with Gasteiger partial charge in [0.15, 0.2) is 0 Å². The second-order valence-corrected chi connectivity index (χ2v) is 3.31. The molecule has 0 bridgehead atoms. The van der Waals surface area contributed by atoms with Crippen molar-refractivity contribution in [3.8, 4) is 11.4 Å². The minimum atomic E-state index is 0.888.